The molecule has 0 fully saturated rings. The van der Waals surface area contributed by atoms with E-state index in [1.165, 1.54) is 15.5 Å². The fourth-order valence-electron chi connectivity index (χ4n) is 6.87. The molecule has 0 N–H and O–H groups in total. The first-order valence-electron chi connectivity index (χ1n) is 18.4. The molecule has 10 rings (SSSR count). The van der Waals surface area contributed by atoms with E-state index in [4.69, 9.17) is 19.1 Å². The third-order valence-electron chi connectivity index (χ3n) is 9.21. The van der Waals surface area contributed by atoms with Crippen LogP contribution in [-0.4, -0.2) is 19.5 Å². The number of para-hydroxylation sites is 1. The minimum Gasteiger partial charge on any atom is -0.278 e. The van der Waals surface area contributed by atoms with E-state index in [9.17, 15) is 1.37 Å². The first-order chi connectivity index (χ1) is 26.4. The summed E-state index contributed by atoms with van der Waals surface area (Å²) in [4.78, 5) is 15.2. The molecule has 4 nitrogen and oxygen atoms in total. The summed E-state index contributed by atoms with van der Waals surface area (Å²) in [5.74, 6) is 1.17. The Bertz CT molecular complexity index is 3100. The minimum absolute atomic E-state index is 0.111. The SMILES string of the molecule is [2H]c1c([2H])c([2H])c2c(c1[2H])c1ccc(-c3ccccc3-c3ccccc3)cc1n2-c1nc(-c2ccccc2)nc(-c2ccc3c(c2)sc2ccccc23)n1. The van der Waals surface area contributed by atoms with E-state index in [1.54, 1.807) is 15.9 Å². The first kappa shape index (κ1) is 24.7. The summed E-state index contributed by atoms with van der Waals surface area (Å²) in [7, 11) is 0. The van der Waals surface area contributed by atoms with Gasteiger partial charge in [0.05, 0.1) is 16.5 Å². The molecule has 0 aliphatic heterocycles. The van der Waals surface area contributed by atoms with Crippen molar-refractivity contribution in [3.05, 3.63) is 170 Å². The molecule has 3 aromatic heterocycles. The number of benzene rings is 7. The molecule has 0 atom stereocenters. The predicted molar refractivity (Wildman–Crippen MR) is 209 cm³/mol. The van der Waals surface area contributed by atoms with Gasteiger partial charge >= 0.3 is 0 Å². The van der Waals surface area contributed by atoms with Crippen LogP contribution in [0.25, 0.3) is 93.0 Å². The van der Waals surface area contributed by atoms with Crippen LogP contribution in [0.4, 0.5) is 0 Å². The van der Waals surface area contributed by atoms with Gasteiger partial charge in [-0.05, 0) is 46.5 Å². The molecule has 3 heterocycles. The van der Waals surface area contributed by atoms with E-state index in [0.29, 0.717) is 33.5 Å². The van der Waals surface area contributed by atoms with E-state index in [-0.39, 0.29) is 30.1 Å². The third kappa shape index (κ3) is 4.71. The zero-order valence-electron chi connectivity index (χ0n) is 30.6. The van der Waals surface area contributed by atoms with Gasteiger partial charge in [0, 0.05) is 42.1 Å². The molecule has 0 radical (unpaired) electrons. The molecule has 10 aromatic rings. The predicted octanol–water partition coefficient (Wildman–Crippen LogP) is 12.0. The Morgan fingerprint density at radius 3 is 1.88 bits per heavy atom. The molecule has 5 heteroatoms. The Balaban J connectivity index is 1.28. The normalized spacial score (nSPS) is 12.7. The largest absolute Gasteiger partial charge is 0.278 e. The van der Waals surface area contributed by atoms with Crippen molar-refractivity contribution in [2.75, 3.05) is 0 Å². The summed E-state index contributed by atoms with van der Waals surface area (Å²) >= 11 is 1.72. The molecular weight excluding hydrogens is 629 g/mol. The monoisotopic (exact) mass is 660 g/mol. The summed E-state index contributed by atoms with van der Waals surface area (Å²) in [6, 6.07) is 47.9. The van der Waals surface area contributed by atoms with Crippen molar-refractivity contribution in [3.8, 4) is 51.0 Å². The lowest BCUT2D eigenvalue weighted by Crippen LogP contribution is -2.06. The molecule has 0 saturated carbocycles. The molecule has 0 spiro atoms. The van der Waals surface area contributed by atoms with Gasteiger partial charge in [-0.2, -0.15) is 9.97 Å². The van der Waals surface area contributed by atoms with E-state index >= 15 is 0 Å². The number of thiophene rings is 1. The molecule has 0 saturated heterocycles. The molecule has 0 unspecified atom stereocenters. The molecule has 0 amide bonds. The molecule has 0 aliphatic rings. The van der Waals surface area contributed by atoms with Gasteiger partial charge in [-0.25, -0.2) is 4.98 Å². The van der Waals surface area contributed by atoms with Crippen molar-refractivity contribution in [3.63, 3.8) is 0 Å². The molecule has 7 aromatic carbocycles. The van der Waals surface area contributed by atoms with Crippen molar-refractivity contribution in [1.29, 1.82) is 0 Å². The molecule has 50 heavy (non-hydrogen) atoms. The third-order valence-corrected chi connectivity index (χ3v) is 10.3. The molecule has 0 aliphatic carbocycles. The minimum atomic E-state index is -0.320. The quantitative estimate of drug-likeness (QED) is 0.184. The Morgan fingerprint density at radius 1 is 0.440 bits per heavy atom. The highest BCUT2D eigenvalue weighted by Crippen LogP contribution is 2.39. The van der Waals surface area contributed by atoms with Gasteiger partial charge in [0.25, 0.3) is 0 Å². The van der Waals surface area contributed by atoms with Crippen LogP contribution in [0.1, 0.15) is 5.48 Å². The number of hydrogen-bond acceptors (Lipinski definition) is 4. The van der Waals surface area contributed by atoms with Crippen LogP contribution < -0.4 is 0 Å². The van der Waals surface area contributed by atoms with Gasteiger partial charge < -0.3 is 0 Å². The lowest BCUT2D eigenvalue weighted by molar-refractivity contribution is 0.954. The van der Waals surface area contributed by atoms with Gasteiger partial charge in [0.15, 0.2) is 11.6 Å². The van der Waals surface area contributed by atoms with Crippen molar-refractivity contribution in [1.82, 2.24) is 19.5 Å². The van der Waals surface area contributed by atoms with E-state index in [1.807, 2.05) is 84.9 Å². The van der Waals surface area contributed by atoms with Gasteiger partial charge in [0.1, 0.15) is 0 Å². The van der Waals surface area contributed by atoms with Crippen molar-refractivity contribution in [2.45, 2.75) is 0 Å². The number of hydrogen-bond donors (Lipinski definition) is 0. The highest BCUT2D eigenvalue weighted by molar-refractivity contribution is 7.25. The van der Waals surface area contributed by atoms with Crippen molar-refractivity contribution in [2.24, 2.45) is 0 Å². The average molecular weight is 661 g/mol. The standard InChI is InChI=1S/C45H28N4S/c1-3-13-29(14-4-1)33-17-7-8-18-34(33)31-23-25-36-35-19-9-11-21-39(35)49(40(36)27-31)45-47-43(30-15-5-2-6-16-30)46-44(48-45)32-24-26-38-37-20-10-12-22-41(37)50-42(38)28-32/h1-28H/i9D,11D,19D,21D. The second-order valence-electron chi connectivity index (χ2n) is 12.2. The highest BCUT2D eigenvalue weighted by atomic mass is 32.1. The van der Waals surface area contributed by atoms with Crippen LogP contribution in [0.2, 0.25) is 0 Å². The zero-order valence-corrected chi connectivity index (χ0v) is 27.4. The topological polar surface area (TPSA) is 43.6 Å². The van der Waals surface area contributed by atoms with Crippen LogP contribution in [0, 0.1) is 0 Å². The first-order valence-corrected chi connectivity index (χ1v) is 17.2. The maximum absolute atomic E-state index is 9.21. The maximum Gasteiger partial charge on any atom is 0.238 e. The summed E-state index contributed by atoms with van der Waals surface area (Å²) in [6.07, 6.45) is 0. The highest BCUT2D eigenvalue weighted by Gasteiger charge is 2.19. The Labute approximate surface area is 298 Å². The number of fused-ring (bicyclic) bond motifs is 6. The second kappa shape index (κ2) is 11.6. The molecular formula is C45H28N4S. The van der Waals surface area contributed by atoms with Gasteiger partial charge in [-0.1, -0.05) is 146 Å². The van der Waals surface area contributed by atoms with Crippen molar-refractivity contribution < 1.29 is 5.48 Å². The summed E-state index contributed by atoms with van der Waals surface area (Å²) in [6.45, 7) is 0. The Kier molecular flexibility index (Phi) is 5.73. The number of nitrogens with zero attached hydrogens (tertiary/aromatic N) is 4. The van der Waals surface area contributed by atoms with Crippen LogP contribution in [-0.2, 0) is 0 Å². The summed E-state index contributed by atoms with van der Waals surface area (Å²) in [5.41, 5.74) is 6.66. The second-order valence-corrected chi connectivity index (χ2v) is 13.2. The smallest absolute Gasteiger partial charge is 0.238 e. The summed E-state index contributed by atoms with van der Waals surface area (Å²) < 4.78 is 39.7. The van der Waals surface area contributed by atoms with Crippen LogP contribution in [0.15, 0.2) is 170 Å². The van der Waals surface area contributed by atoms with Crippen LogP contribution in [0.3, 0.4) is 0 Å². The van der Waals surface area contributed by atoms with Crippen molar-refractivity contribution >= 4 is 53.3 Å². The molecule has 234 valence electrons. The fourth-order valence-corrected chi connectivity index (χ4v) is 8.02. The van der Waals surface area contributed by atoms with E-state index in [2.05, 4.69) is 60.7 Å². The average Bonchev–Trinajstić information content (AvgIpc) is 3.78. The van der Waals surface area contributed by atoms with Crippen LogP contribution >= 0.6 is 11.3 Å². The fraction of sp³-hybridized carbons (Fsp3) is 0. The van der Waals surface area contributed by atoms with Gasteiger partial charge in [-0.3, -0.25) is 4.57 Å². The van der Waals surface area contributed by atoms with E-state index < -0.39 is 0 Å². The van der Waals surface area contributed by atoms with E-state index in [0.717, 1.165) is 38.1 Å². The van der Waals surface area contributed by atoms with Crippen LogP contribution in [0.5, 0.6) is 0 Å². The van der Waals surface area contributed by atoms with Gasteiger partial charge in [0.2, 0.25) is 5.95 Å². The number of aromatic nitrogens is 4. The van der Waals surface area contributed by atoms with Gasteiger partial charge in [-0.15, -0.1) is 11.3 Å². The molecule has 0 bridgehead atoms. The Hall–Kier alpha value is -6.43. The Morgan fingerprint density at radius 2 is 1.06 bits per heavy atom. The number of rotatable bonds is 5. The zero-order chi connectivity index (χ0) is 36.5. The lowest BCUT2D eigenvalue weighted by atomic mass is 9.94. The lowest BCUT2D eigenvalue weighted by Gasteiger charge is -2.13. The summed E-state index contributed by atoms with van der Waals surface area (Å²) in [5, 5.41) is 3.45. The maximum atomic E-state index is 9.21.